The molecule has 334 valence electrons. The minimum absolute atomic E-state index is 0.118. The Kier molecular flexibility index (Phi) is 9.56. The van der Waals surface area contributed by atoms with Gasteiger partial charge in [-0.3, -0.25) is 9.55 Å². The number of pyridine rings is 1. The van der Waals surface area contributed by atoms with Gasteiger partial charge in [0.15, 0.2) is 0 Å². The Bertz CT molecular complexity index is 3700. The van der Waals surface area contributed by atoms with E-state index in [2.05, 4.69) is 113 Å². The molecule has 2 heterocycles. The summed E-state index contributed by atoms with van der Waals surface area (Å²) in [4.78, 5) is 10.4. The summed E-state index contributed by atoms with van der Waals surface area (Å²) >= 11 is 0. The maximum Gasteiger partial charge on any atom is 0.149 e. The summed E-state index contributed by atoms with van der Waals surface area (Å²) in [7, 11) is 0. The highest BCUT2D eigenvalue weighted by Crippen LogP contribution is 2.46. The van der Waals surface area contributed by atoms with Gasteiger partial charge in [0.2, 0.25) is 0 Å². The zero-order valence-electron chi connectivity index (χ0n) is 45.3. The van der Waals surface area contributed by atoms with E-state index in [4.69, 9.17) is 18.2 Å². The second-order valence-corrected chi connectivity index (χ2v) is 19.6. The van der Waals surface area contributed by atoms with Gasteiger partial charge in [0, 0.05) is 36.7 Å². The highest BCUT2D eigenvalue weighted by atomic mass is 16.3. The number of imidazole rings is 1. The second kappa shape index (κ2) is 17.4. The molecular weight excluding hydrogens is 827 g/mol. The predicted molar refractivity (Wildman–Crippen MR) is 285 cm³/mol. The number of benzene rings is 8. The molecule has 0 aliphatic carbocycles. The Balaban J connectivity index is 1.32. The standard InChI is InChI=1S/C64H57N3O/c1-41-40-65-59(42(2)58(41)46-28-19-12-20-29-46)50-35-48(44-24-15-10-16-25-44)34-49(36-50)52-30-21-31-57-60(52)66-62(54-38-51(63(3,4)5)39-55(61(54)68)64(6,7)8)67(57)56-33-32-47(43-22-13-9-14-23-43)37-53(56)45-26-17-11-18-27-45/h9-40,68H,1-8H3/i1D3,2D3. The monoisotopic (exact) mass is 889 g/mol. The van der Waals surface area contributed by atoms with Crippen molar-refractivity contribution in [3.63, 3.8) is 0 Å². The van der Waals surface area contributed by atoms with E-state index in [-0.39, 0.29) is 33.5 Å². The number of para-hydroxylation sites is 1. The van der Waals surface area contributed by atoms with Gasteiger partial charge in [0.1, 0.15) is 11.6 Å². The van der Waals surface area contributed by atoms with Gasteiger partial charge in [0.05, 0.1) is 28.0 Å². The smallest absolute Gasteiger partial charge is 0.149 e. The van der Waals surface area contributed by atoms with Gasteiger partial charge in [-0.1, -0.05) is 187 Å². The SMILES string of the molecule is [2H]C([2H])([2H])c1cnc(-c2cc(-c3ccccc3)cc(-c3cccc4c3nc(-c3cc(C(C)(C)C)cc(C(C)(C)C)c3O)n4-c3ccc(-c4ccccc4)cc3-c3ccccc3)c2)c(C([2H])([2H])[2H])c1-c1ccccc1. The van der Waals surface area contributed by atoms with Gasteiger partial charge in [-0.2, -0.15) is 0 Å². The lowest BCUT2D eigenvalue weighted by Crippen LogP contribution is -2.17. The second-order valence-electron chi connectivity index (χ2n) is 19.6. The van der Waals surface area contributed by atoms with Crippen molar-refractivity contribution in [2.75, 3.05) is 0 Å². The van der Waals surface area contributed by atoms with E-state index in [9.17, 15) is 5.11 Å². The summed E-state index contributed by atoms with van der Waals surface area (Å²) in [5.41, 5.74) is 12.2. The minimum atomic E-state index is -2.77. The third-order valence-electron chi connectivity index (χ3n) is 12.9. The van der Waals surface area contributed by atoms with Crippen molar-refractivity contribution >= 4 is 11.0 Å². The number of fused-ring (bicyclic) bond motifs is 1. The summed E-state index contributed by atoms with van der Waals surface area (Å²) in [6, 6.07) is 62.0. The van der Waals surface area contributed by atoms with E-state index in [1.54, 1.807) is 24.3 Å². The van der Waals surface area contributed by atoms with E-state index in [1.165, 1.54) is 6.20 Å². The number of aromatic nitrogens is 3. The van der Waals surface area contributed by atoms with E-state index >= 15 is 0 Å². The van der Waals surface area contributed by atoms with Crippen molar-refractivity contribution in [1.29, 1.82) is 0 Å². The van der Waals surface area contributed by atoms with E-state index in [0.717, 1.165) is 66.8 Å². The fraction of sp³-hybridized carbons (Fsp3) is 0.156. The van der Waals surface area contributed by atoms with Crippen molar-refractivity contribution < 1.29 is 13.3 Å². The normalized spacial score (nSPS) is 13.6. The molecule has 0 saturated carbocycles. The van der Waals surface area contributed by atoms with Crippen molar-refractivity contribution in [2.45, 2.75) is 66.1 Å². The Labute approximate surface area is 409 Å². The summed E-state index contributed by atoms with van der Waals surface area (Å²) < 4.78 is 54.9. The Morgan fingerprint density at radius 1 is 0.485 bits per heavy atom. The molecule has 0 aliphatic heterocycles. The molecule has 0 atom stereocenters. The first kappa shape index (κ1) is 37.3. The van der Waals surface area contributed by atoms with Crippen molar-refractivity contribution in [3.8, 4) is 89.7 Å². The van der Waals surface area contributed by atoms with Crippen LogP contribution in [-0.4, -0.2) is 19.6 Å². The average Bonchev–Trinajstić information content (AvgIpc) is 3.77. The molecule has 8 aromatic carbocycles. The fourth-order valence-corrected chi connectivity index (χ4v) is 9.31. The predicted octanol–water partition coefficient (Wildman–Crippen LogP) is 17.0. The van der Waals surface area contributed by atoms with Crippen LogP contribution < -0.4 is 0 Å². The zero-order valence-corrected chi connectivity index (χ0v) is 39.3. The number of hydrogen-bond acceptors (Lipinski definition) is 3. The van der Waals surface area contributed by atoms with Crippen LogP contribution in [0.5, 0.6) is 5.75 Å². The molecule has 2 aromatic heterocycles. The molecule has 0 unspecified atom stereocenters. The van der Waals surface area contributed by atoms with Crippen molar-refractivity contribution in [3.05, 3.63) is 217 Å². The molecule has 0 spiro atoms. The van der Waals surface area contributed by atoms with E-state index < -0.39 is 19.1 Å². The molecule has 0 fully saturated rings. The number of aryl methyl sites for hydroxylation is 1. The number of rotatable bonds is 8. The first-order valence-electron chi connectivity index (χ1n) is 26.1. The van der Waals surface area contributed by atoms with Crippen LogP contribution in [0.15, 0.2) is 194 Å². The minimum Gasteiger partial charge on any atom is -0.507 e. The maximum absolute atomic E-state index is 12.7. The average molecular weight is 890 g/mol. The topological polar surface area (TPSA) is 50.9 Å². The molecule has 0 saturated heterocycles. The van der Waals surface area contributed by atoms with Gasteiger partial charge >= 0.3 is 0 Å². The Morgan fingerprint density at radius 3 is 1.71 bits per heavy atom. The quantitative estimate of drug-likeness (QED) is 0.165. The Hall–Kier alpha value is -7.82. The number of phenols is 1. The summed E-state index contributed by atoms with van der Waals surface area (Å²) in [5.74, 6) is 0.696. The van der Waals surface area contributed by atoms with Crippen LogP contribution in [0, 0.1) is 13.7 Å². The van der Waals surface area contributed by atoms with Crippen LogP contribution in [0.2, 0.25) is 0 Å². The summed E-state index contributed by atoms with van der Waals surface area (Å²) in [5, 5.41) is 12.7. The number of phenolic OH excluding ortho intramolecular Hbond substituents is 1. The molecule has 0 amide bonds. The molecule has 10 aromatic rings. The summed E-state index contributed by atoms with van der Waals surface area (Å²) in [6.07, 6.45) is 1.31. The van der Waals surface area contributed by atoms with Gasteiger partial charge < -0.3 is 5.11 Å². The lowest BCUT2D eigenvalue weighted by atomic mass is 9.79. The van der Waals surface area contributed by atoms with Gasteiger partial charge in [-0.05, 0) is 128 Å². The van der Waals surface area contributed by atoms with Crippen LogP contribution >= 0.6 is 0 Å². The highest BCUT2D eigenvalue weighted by molar-refractivity contribution is 5.99. The van der Waals surface area contributed by atoms with Gasteiger partial charge in [-0.25, -0.2) is 4.98 Å². The maximum atomic E-state index is 12.7. The first-order chi connectivity index (χ1) is 35.2. The van der Waals surface area contributed by atoms with E-state index in [0.29, 0.717) is 28.0 Å². The largest absolute Gasteiger partial charge is 0.507 e. The van der Waals surface area contributed by atoms with Crippen LogP contribution in [0.25, 0.3) is 95.0 Å². The molecule has 68 heavy (non-hydrogen) atoms. The lowest BCUT2D eigenvalue weighted by Gasteiger charge is -2.27. The molecule has 10 rings (SSSR count). The molecule has 0 bridgehead atoms. The van der Waals surface area contributed by atoms with Crippen LogP contribution in [0.4, 0.5) is 0 Å². The number of aromatic hydroxyl groups is 1. The number of nitrogens with zero attached hydrogens (tertiary/aromatic N) is 3. The van der Waals surface area contributed by atoms with Crippen LogP contribution in [-0.2, 0) is 10.8 Å². The fourth-order valence-electron chi connectivity index (χ4n) is 9.31. The van der Waals surface area contributed by atoms with Crippen molar-refractivity contribution in [2.24, 2.45) is 0 Å². The number of hydrogen-bond donors (Lipinski definition) is 1. The molecule has 4 nitrogen and oxygen atoms in total. The third kappa shape index (κ3) is 8.21. The Morgan fingerprint density at radius 2 is 1.09 bits per heavy atom. The van der Waals surface area contributed by atoms with Crippen LogP contribution in [0.3, 0.4) is 0 Å². The highest BCUT2D eigenvalue weighted by Gasteiger charge is 2.29. The van der Waals surface area contributed by atoms with Gasteiger partial charge in [-0.15, -0.1) is 0 Å². The lowest BCUT2D eigenvalue weighted by molar-refractivity contribution is 0.446. The molecular formula is C64H57N3O. The van der Waals surface area contributed by atoms with Gasteiger partial charge in [0.25, 0.3) is 0 Å². The van der Waals surface area contributed by atoms with E-state index in [1.807, 2.05) is 97.1 Å². The zero-order chi connectivity index (χ0) is 52.3. The molecule has 0 radical (unpaired) electrons. The summed E-state index contributed by atoms with van der Waals surface area (Å²) in [6.45, 7) is 7.43. The van der Waals surface area contributed by atoms with Crippen LogP contribution in [0.1, 0.15) is 72.0 Å². The molecule has 1 N–H and O–H groups in total. The van der Waals surface area contributed by atoms with Crippen molar-refractivity contribution in [1.82, 2.24) is 14.5 Å². The molecule has 4 heteroatoms. The molecule has 0 aliphatic rings. The third-order valence-corrected chi connectivity index (χ3v) is 12.9. The first-order valence-corrected chi connectivity index (χ1v) is 23.1.